The van der Waals surface area contributed by atoms with Gasteiger partial charge in [0.05, 0.1) is 52.8 Å². The number of methoxy groups -OCH3 is 1. The number of hydrogen-bond acceptors (Lipinski definition) is 9. The number of halogens is 1. The van der Waals surface area contributed by atoms with E-state index in [0.29, 0.717) is 35.3 Å². The van der Waals surface area contributed by atoms with Crippen molar-refractivity contribution in [3.05, 3.63) is 76.9 Å². The second-order valence-corrected chi connectivity index (χ2v) is 15.2. The summed E-state index contributed by atoms with van der Waals surface area (Å²) in [6.45, 7) is 2.77. The SMILES string of the molecule is COc1cc2nn(C3CCC(CN(C)C4CCN(c5cccc6c5n(C)c(=O)n6C5CCC(=O)NC5=O)CC4)CC3)cc2cc1NC(=O)c1cncc(F)c1. The monoisotopic (exact) mass is 751 g/mol. The Balaban J connectivity index is 0.867. The van der Waals surface area contributed by atoms with Crippen LogP contribution < -0.4 is 26.0 Å². The lowest BCUT2D eigenvalue weighted by Gasteiger charge is -2.40. The zero-order chi connectivity index (χ0) is 38.4. The van der Waals surface area contributed by atoms with Gasteiger partial charge in [0.2, 0.25) is 11.8 Å². The number of rotatable bonds is 9. The van der Waals surface area contributed by atoms with Crippen LogP contribution in [0.1, 0.15) is 73.8 Å². The van der Waals surface area contributed by atoms with Crippen LogP contribution in [0.5, 0.6) is 5.75 Å². The van der Waals surface area contributed by atoms with Crippen LogP contribution >= 0.6 is 0 Å². The number of benzene rings is 2. The second-order valence-electron chi connectivity index (χ2n) is 15.2. The molecule has 1 unspecified atom stereocenters. The maximum atomic E-state index is 13.7. The van der Waals surface area contributed by atoms with Crippen molar-refractivity contribution in [2.24, 2.45) is 13.0 Å². The van der Waals surface area contributed by atoms with Crippen LogP contribution in [0, 0.1) is 11.7 Å². The van der Waals surface area contributed by atoms with Crippen molar-refractivity contribution >= 4 is 51.0 Å². The average molecular weight is 752 g/mol. The molecule has 0 spiro atoms. The van der Waals surface area contributed by atoms with Crippen molar-refractivity contribution in [2.45, 2.75) is 69.5 Å². The molecule has 55 heavy (non-hydrogen) atoms. The predicted octanol–water partition coefficient (Wildman–Crippen LogP) is 4.79. The number of imidazole rings is 1. The topological polar surface area (TPSA) is 149 Å². The fourth-order valence-corrected chi connectivity index (χ4v) is 8.85. The lowest BCUT2D eigenvalue weighted by Crippen LogP contribution is -2.45. The summed E-state index contributed by atoms with van der Waals surface area (Å²) in [7, 11) is 5.53. The third-order valence-corrected chi connectivity index (χ3v) is 11.8. The van der Waals surface area contributed by atoms with Crippen LogP contribution in [0.15, 0.2) is 59.8 Å². The Morgan fingerprint density at radius 2 is 1.82 bits per heavy atom. The Morgan fingerprint density at radius 1 is 1.04 bits per heavy atom. The molecule has 3 aromatic heterocycles. The summed E-state index contributed by atoms with van der Waals surface area (Å²) in [6, 6.07) is 10.7. The molecule has 1 saturated carbocycles. The van der Waals surface area contributed by atoms with E-state index in [1.807, 2.05) is 30.5 Å². The van der Waals surface area contributed by atoms with Gasteiger partial charge >= 0.3 is 5.69 Å². The first-order chi connectivity index (χ1) is 26.6. The van der Waals surface area contributed by atoms with Gasteiger partial charge in [0, 0.05) is 63.0 Å². The van der Waals surface area contributed by atoms with Crippen LogP contribution in [-0.2, 0) is 16.6 Å². The number of carbonyl (C=O) groups is 3. The Labute approximate surface area is 317 Å². The molecule has 5 heterocycles. The van der Waals surface area contributed by atoms with E-state index in [0.717, 1.165) is 92.5 Å². The number of anilines is 2. The lowest BCUT2D eigenvalue weighted by atomic mass is 9.85. The van der Waals surface area contributed by atoms with Crippen LogP contribution in [-0.4, -0.2) is 86.4 Å². The van der Waals surface area contributed by atoms with E-state index in [9.17, 15) is 23.6 Å². The van der Waals surface area contributed by atoms with Gasteiger partial charge in [-0.15, -0.1) is 0 Å². The Hall–Kier alpha value is -5.57. The van der Waals surface area contributed by atoms with Crippen molar-refractivity contribution in [1.82, 2.24) is 34.1 Å². The predicted molar refractivity (Wildman–Crippen MR) is 206 cm³/mol. The van der Waals surface area contributed by atoms with Crippen LogP contribution in [0.3, 0.4) is 0 Å². The number of para-hydroxylation sites is 1. The summed E-state index contributed by atoms with van der Waals surface area (Å²) in [5.41, 5.74) is 3.65. The van der Waals surface area contributed by atoms with Gasteiger partial charge in [-0.3, -0.25) is 38.5 Å². The van der Waals surface area contributed by atoms with E-state index >= 15 is 0 Å². The molecule has 5 aromatic rings. The molecular weight excluding hydrogens is 705 g/mol. The number of nitrogens with zero attached hydrogens (tertiary/aromatic N) is 7. The number of imide groups is 1. The molecule has 0 bridgehead atoms. The fraction of sp³-hybridized carbons (Fsp3) is 0.450. The van der Waals surface area contributed by atoms with Crippen molar-refractivity contribution in [1.29, 1.82) is 0 Å². The molecule has 3 aliphatic rings. The Kier molecular flexibility index (Phi) is 9.88. The third-order valence-electron chi connectivity index (χ3n) is 11.8. The van der Waals surface area contributed by atoms with E-state index in [1.165, 1.54) is 13.3 Å². The number of amides is 3. The first-order valence-corrected chi connectivity index (χ1v) is 19.1. The van der Waals surface area contributed by atoms with Crippen LogP contribution in [0.25, 0.3) is 21.9 Å². The van der Waals surface area contributed by atoms with Gasteiger partial charge in [-0.05, 0) is 82.2 Å². The third kappa shape index (κ3) is 7.08. The summed E-state index contributed by atoms with van der Waals surface area (Å²) in [4.78, 5) is 59.4. The van der Waals surface area contributed by atoms with E-state index < -0.39 is 23.7 Å². The molecule has 2 N–H and O–H groups in total. The number of carbonyl (C=O) groups excluding carboxylic acids is 3. The minimum atomic E-state index is -0.704. The van der Waals surface area contributed by atoms with Crippen molar-refractivity contribution in [3.8, 4) is 5.75 Å². The van der Waals surface area contributed by atoms with Gasteiger partial charge in [-0.2, -0.15) is 5.10 Å². The summed E-state index contributed by atoms with van der Waals surface area (Å²) in [5, 5.41) is 11.0. The quantitative estimate of drug-likeness (QED) is 0.203. The highest BCUT2D eigenvalue weighted by Gasteiger charge is 2.33. The highest BCUT2D eigenvalue weighted by Crippen LogP contribution is 2.37. The number of fused-ring (bicyclic) bond motifs is 2. The molecule has 3 amide bonds. The Bertz CT molecular complexity index is 2330. The zero-order valence-electron chi connectivity index (χ0n) is 31.3. The van der Waals surface area contributed by atoms with E-state index in [2.05, 4.69) is 43.2 Å². The molecule has 14 nitrogen and oxygen atoms in total. The first-order valence-electron chi connectivity index (χ1n) is 19.1. The van der Waals surface area contributed by atoms with Crippen LogP contribution in [0.4, 0.5) is 15.8 Å². The van der Waals surface area contributed by atoms with E-state index in [4.69, 9.17) is 9.84 Å². The van der Waals surface area contributed by atoms with Gasteiger partial charge in [0.1, 0.15) is 17.6 Å². The number of aromatic nitrogens is 5. The standard InChI is InChI=1S/C40H46FN9O5/c1-46(28-13-15-48(16-14-28)32-5-4-6-33-37(32)47(2)40(54)50(33)34-11-12-36(51)44-39(34)53)22-24-7-9-29(10-8-24)49-23-26-18-31(35(55-3)19-30(26)45-49)43-38(52)25-17-27(41)21-42-20-25/h4-6,17-21,23-24,28-29,34H,7-16,22H2,1-3H3,(H,43,52)(H,44,51,53). The molecule has 15 heteroatoms. The Morgan fingerprint density at radius 3 is 2.55 bits per heavy atom. The number of aryl methyl sites for hydroxylation is 1. The molecule has 8 rings (SSSR count). The van der Waals surface area contributed by atoms with Gasteiger partial charge < -0.3 is 19.9 Å². The van der Waals surface area contributed by atoms with Gasteiger partial charge in [-0.1, -0.05) is 6.07 Å². The molecule has 2 aliphatic heterocycles. The number of hydrogen-bond donors (Lipinski definition) is 2. The summed E-state index contributed by atoms with van der Waals surface area (Å²) in [6.07, 6.45) is 11.2. The van der Waals surface area contributed by atoms with Crippen molar-refractivity contribution in [3.63, 3.8) is 0 Å². The first kappa shape index (κ1) is 36.4. The molecule has 0 radical (unpaired) electrons. The van der Waals surface area contributed by atoms with Crippen molar-refractivity contribution in [2.75, 3.05) is 44.0 Å². The summed E-state index contributed by atoms with van der Waals surface area (Å²) >= 11 is 0. The normalized spacial score (nSPS) is 21.0. The highest BCUT2D eigenvalue weighted by molar-refractivity contribution is 6.06. The lowest BCUT2D eigenvalue weighted by molar-refractivity contribution is -0.135. The summed E-state index contributed by atoms with van der Waals surface area (Å²) < 4.78 is 24.4. The number of piperidine rings is 2. The smallest absolute Gasteiger partial charge is 0.329 e. The highest BCUT2D eigenvalue weighted by atomic mass is 19.1. The number of pyridine rings is 1. The maximum Gasteiger partial charge on any atom is 0.329 e. The minimum Gasteiger partial charge on any atom is -0.494 e. The molecule has 1 aliphatic carbocycles. The molecular formula is C40H46FN9O5. The molecule has 288 valence electrons. The second kappa shape index (κ2) is 14.9. The van der Waals surface area contributed by atoms with Gasteiger partial charge in [0.25, 0.3) is 5.91 Å². The number of ether oxygens (including phenoxy) is 1. The minimum absolute atomic E-state index is 0.120. The van der Waals surface area contributed by atoms with Crippen molar-refractivity contribution < 1.29 is 23.5 Å². The molecule has 2 aromatic carbocycles. The molecule has 3 fully saturated rings. The largest absolute Gasteiger partial charge is 0.494 e. The van der Waals surface area contributed by atoms with Gasteiger partial charge in [0.15, 0.2) is 0 Å². The molecule has 2 saturated heterocycles. The number of nitrogens with one attached hydrogen (secondary N) is 2. The maximum absolute atomic E-state index is 13.7. The summed E-state index contributed by atoms with van der Waals surface area (Å²) in [5.74, 6) is -0.716. The zero-order valence-corrected chi connectivity index (χ0v) is 31.3. The van der Waals surface area contributed by atoms with Gasteiger partial charge in [-0.25, -0.2) is 9.18 Å². The average Bonchev–Trinajstić information content (AvgIpc) is 3.72. The van der Waals surface area contributed by atoms with Crippen LogP contribution in [0.2, 0.25) is 0 Å². The van der Waals surface area contributed by atoms with E-state index in [-0.39, 0.29) is 29.6 Å². The van der Waals surface area contributed by atoms with E-state index in [1.54, 1.807) is 16.2 Å². The fourth-order valence-electron chi connectivity index (χ4n) is 8.85. The molecule has 1 atom stereocenters.